The first-order valence-electron chi connectivity index (χ1n) is 4.51. The molecule has 10 heteroatoms. The molecule has 1 rings (SSSR count). The molecular weight excluding hydrogens is 512 g/mol. The Kier molecular flexibility index (Phi) is 5.48. The molecule has 0 unspecified atom stereocenters. The van der Waals surface area contributed by atoms with E-state index < -0.39 is 27.9 Å². The monoisotopic (exact) mass is 518 g/mol. The van der Waals surface area contributed by atoms with Crippen LogP contribution in [-0.4, -0.2) is 30.8 Å². The van der Waals surface area contributed by atoms with Crippen molar-refractivity contribution >= 4 is 61.3 Å². The zero-order valence-electron chi connectivity index (χ0n) is 8.94. The van der Waals surface area contributed by atoms with Crippen LogP contribution in [0, 0.1) is 7.14 Å². The summed E-state index contributed by atoms with van der Waals surface area (Å²) in [5, 5.41) is -4.53. The van der Waals surface area contributed by atoms with Gasteiger partial charge in [-0.25, -0.2) is 4.79 Å². The standard InChI is InChI=1S/C9H6F2I2O5S/c10-9(11,19(15,16)17)4-18-8(14)6-3-5(12)1-2-7(6)13/h1-3H,4H2,(H,15,16,17). The van der Waals surface area contributed by atoms with E-state index in [2.05, 4.69) is 4.74 Å². The molecule has 106 valence electrons. The van der Waals surface area contributed by atoms with E-state index in [1.54, 1.807) is 12.1 Å². The molecule has 19 heavy (non-hydrogen) atoms. The van der Waals surface area contributed by atoms with Gasteiger partial charge in [0.05, 0.1) is 5.56 Å². The van der Waals surface area contributed by atoms with Crippen LogP contribution in [0.2, 0.25) is 0 Å². The molecule has 1 aromatic rings. The van der Waals surface area contributed by atoms with Gasteiger partial charge in [0.15, 0.2) is 6.61 Å². The minimum atomic E-state index is -5.61. The number of carbonyl (C=O) groups excluding carboxylic acids is 1. The van der Waals surface area contributed by atoms with E-state index in [0.717, 1.165) is 0 Å². The van der Waals surface area contributed by atoms with Gasteiger partial charge >= 0.3 is 21.3 Å². The molecular formula is C9H6F2I2O5S. The Bertz CT molecular complexity index is 603. The summed E-state index contributed by atoms with van der Waals surface area (Å²) in [7, 11) is -5.61. The molecule has 0 spiro atoms. The number of hydrogen-bond donors (Lipinski definition) is 1. The van der Waals surface area contributed by atoms with Gasteiger partial charge in [-0.2, -0.15) is 17.2 Å². The molecule has 0 saturated heterocycles. The highest BCUT2D eigenvalue weighted by molar-refractivity contribution is 14.1. The fourth-order valence-corrected chi connectivity index (χ4v) is 2.21. The Labute approximate surface area is 134 Å². The zero-order valence-corrected chi connectivity index (χ0v) is 14.1. The Balaban J connectivity index is 2.85. The lowest BCUT2D eigenvalue weighted by Crippen LogP contribution is -2.34. The maximum atomic E-state index is 12.9. The maximum absolute atomic E-state index is 12.9. The van der Waals surface area contributed by atoms with Crippen molar-refractivity contribution in [2.24, 2.45) is 0 Å². The summed E-state index contributed by atoms with van der Waals surface area (Å²) in [6.07, 6.45) is 0. The Morgan fingerprint density at radius 3 is 2.47 bits per heavy atom. The predicted octanol–water partition coefficient (Wildman–Crippen LogP) is 2.53. The second kappa shape index (κ2) is 6.13. The molecule has 0 aliphatic rings. The number of hydrogen-bond acceptors (Lipinski definition) is 4. The highest BCUT2D eigenvalue weighted by Gasteiger charge is 2.45. The van der Waals surface area contributed by atoms with Crippen molar-refractivity contribution in [2.75, 3.05) is 6.61 Å². The van der Waals surface area contributed by atoms with Gasteiger partial charge in [0.2, 0.25) is 0 Å². The average Bonchev–Trinajstić information content (AvgIpc) is 2.28. The van der Waals surface area contributed by atoms with Gasteiger partial charge in [-0.05, 0) is 63.4 Å². The smallest absolute Gasteiger partial charge is 0.402 e. The van der Waals surface area contributed by atoms with E-state index >= 15 is 0 Å². The van der Waals surface area contributed by atoms with Crippen LogP contribution in [0.25, 0.3) is 0 Å². The van der Waals surface area contributed by atoms with E-state index in [9.17, 15) is 22.0 Å². The lowest BCUT2D eigenvalue weighted by Gasteiger charge is -2.13. The molecule has 0 radical (unpaired) electrons. The molecule has 0 heterocycles. The summed E-state index contributed by atoms with van der Waals surface area (Å²) >= 11 is 3.73. The lowest BCUT2D eigenvalue weighted by atomic mass is 10.2. The van der Waals surface area contributed by atoms with Crippen LogP contribution in [0.5, 0.6) is 0 Å². The quantitative estimate of drug-likeness (QED) is 0.377. The first-order valence-corrected chi connectivity index (χ1v) is 8.11. The summed E-state index contributed by atoms with van der Waals surface area (Å²) in [6, 6.07) is 4.70. The third-order valence-electron chi connectivity index (χ3n) is 1.90. The normalized spacial score (nSPS) is 12.3. The van der Waals surface area contributed by atoms with Crippen LogP contribution in [0.15, 0.2) is 18.2 Å². The molecule has 0 atom stereocenters. The van der Waals surface area contributed by atoms with Gasteiger partial charge in [0, 0.05) is 7.14 Å². The molecule has 0 fully saturated rings. The maximum Gasteiger partial charge on any atom is 0.402 e. The lowest BCUT2D eigenvalue weighted by molar-refractivity contribution is -0.00958. The van der Waals surface area contributed by atoms with Crippen molar-refractivity contribution in [3.8, 4) is 0 Å². The van der Waals surface area contributed by atoms with Gasteiger partial charge in [0.25, 0.3) is 0 Å². The van der Waals surface area contributed by atoms with E-state index in [4.69, 9.17) is 4.55 Å². The van der Waals surface area contributed by atoms with Crippen molar-refractivity contribution in [1.82, 2.24) is 0 Å². The van der Waals surface area contributed by atoms with Gasteiger partial charge in [-0.15, -0.1) is 0 Å². The van der Waals surface area contributed by atoms with Gasteiger partial charge in [-0.1, -0.05) is 0 Å². The van der Waals surface area contributed by atoms with E-state index in [-0.39, 0.29) is 5.56 Å². The van der Waals surface area contributed by atoms with Crippen LogP contribution in [0.4, 0.5) is 8.78 Å². The third-order valence-corrected chi connectivity index (χ3v) is 4.38. The molecule has 0 bridgehead atoms. The Morgan fingerprint density at radius 2 is 1.95 bits per heavy atom. The highest BCUT2D eigenvalue weighted by atomic mass is 127. The SMILES string of the molecule is O=C(OCC(F)(F)S(=O)(=O)O)c1cc(I)ccc1I. The molecule has 1 N–H and O–H groups in total. The molecule has 0 saturated carbocycles. The summed E-state index contributed by atoms with van der Waals surface area (Å²) in [6.45, 7) is -1.74. The molecule has 0 aliphatic carbocycles. The van der Waals surface area contributed by atoms with Crippen LogP contribution in [-0.2, 0) is 14.9 Å². The molecule has 5 nitrogen and oxygen atoms in total. The van der Waals surface area contributed by atoms with Gasteiger partial charge in [-0.3, -0.25) is 4.55 Å². The summed E-state index contributed by atoms with van der Waals surface area (Å²) in [5.74, 6) is -1.09. The molecule has 0 amide bonds. The fraction of sp³-hybridized carbons (Fsp3) is 0.222. The first kappa shape index (κ1) is 17.0. The Morgan fingerprint density at radius 1 is 1.37 bits per heavy atom. The molecule has 0 aromatic heterocycles. The second-order valence-corrected chi connectivity index (χ2v) is 7.27. The largest absolute Gasteiger partial charge is 0.454 e. The van der Waals surface area contributed by atoms with Crippen LogP contribution in [0.3, 0.4) is 0 Å². The number of benzene rings is 1. The van der Waals surface area contributed by atoms with Crippen molar-refractivity contribution < 1.29 is 31.3 Å². The van der Waals surface area contributed by atoms with Crippen LogP contribution in [0.1, 0.15) is 10.4 Å². The predicted molar refractivity (Wildman–Crippen MR) is 78.7 cm³/mol. The highest BCUT2D eigenvalue weighted by Crippen LogP contribution is 2.22. The number of rotatable bonds is 4. The molecule has 1 aromatic carbocycles. The van der Waals surface area contributed by atoms with E-state index in [0.29, 0.717) is 7.14 Å². The number of alkyl halides is 2. The third kappa shape index (κ3) is 4.46. The fourth-order valence-electron chi connectivity index (χ4n) is 0.956. The number of esters is 1. The van der Waals surface area contributed by atoms with Gasteiger partial charge in [0.1, 0.15) is 0 Å². The van der Waals surface area contributed by atoms with E-state index in [1.807, 2.05) is 45.2 Å². The molecule has 0 aliphatic heterocycles. The average molecular weight is 518 g/mol. The minimum absolute atomic E-state index is 0.0404. The summed E-state index contributed by atoms with van der Waals surface area (Å²) in [4.78, 5) is 11.6. The van der Waals surface area contributed by atoms with E-state index in [1.165, 1.54) is 6.07 Å². The Hall–Kier alpha value is -0.0800. The van der Waals surface area contributed by atoms with Crippen molar-refractivity contribution in [3.63, 3.8) is 0 Å². The topological polar surface area (TPSA) is 80.7 Å². The van der Waals surface area contributed by atoms with Crippen molar-refractivity contribution in [2.45, 2.75) is 5.25 Å². The minimum Gasteiger partial charge on any atom is -0.454 e. The first-order chi connectivity index (χ1) is 8.54. The van der Waals surface area contributed by atoms with Gasteiger partial charge < -0.3 is 4.74 Å². The second-order valence-electron chi connectivity index (χ2n) is 3.31. The number of halogens is 4. The van der Waals surface area contributed by atoms with Crippen LogP contribution >= 0.6 is 45.2 Å². The summed E-state index contributed by atoms with van der Waals surface area (Å²) < 4.78 is 60.0. The zero-order chi connectivity index (χ0) is 14.8. The van der Waals surface area contributed by atoms with Crippen molar-refractivity contribution in [1.29, 1.82) is 0 Å². The summed E-state index contributed by atoms with van der Waals surface area (Å²) in [5.41, 5.74) is 0.0404. The number of ether oxygens (including phenoxy) is 1. The number of carbonyl (C=O) groups is 1. The van der Waals surface area contributed by atoms with Crippen LogP contribution < -0.4 is 0 Å². The van der Waals surface area contributed by atoms with Crippen molar-refractivity contribution in [3.05, 3.63) is 30.9 Å².